The van der Waals surface area contributed by atoms with Crippen molar-refractivity contribution in [2.75, 3.05) is 45.7 Å². The number of aromatic nitrogens is 2. The van der Waals surface area contributed by atoms with Crippen LogP contribution in [0.15, 0.2) is 67.0 Å². The first-order chi connectivity index (χ1) is 21.9. The fourth-order valence-electron chi connectivity index (χ4n) is 6.40. The Bertz CT molecular complexity index is 1670. The molecule has 2 heterocycles. The summed E-state index contributed by atoms with van der Waals surface area (Å²) in [6, 6.07) is 17.0. The van der Waals surface area contributed by atoms with Crippen LogP contribution in [0.2, 0.25) is 0 Å². The number of methoxy groups -OCH3 is 1. The number of nitrogens with zero attached hydrogens (tertiary/aromatic N) is 3. The first-order valence-electron chi connectivity index (χ1n) is 15.1. The number of carbonyl (C=O) groups excluding carboxylic acids is 2. The molecular weight excluding hydrogens is 577 g/mol. The van der Waals surface area contributed by atoms with Gasteiger partial charge in [0.05, 0.1) is 24.6 Å². The lowest BCUT2D eigenvalue weighted by Crippen LogP contribution is -2.36. The van der Waals surface area contributed by atoms with E-state index in [9.17, 15) is 9.59 Å². The molecule has 2 amide bonds. The summed E-state index contributed by atoms with van der Waals surface area (Å²) in [5, 5.41) is 5.50. The number of likely N-dealkylation sites (tertiary alicyclic amines) is 1. The number of benzene rings is 3. The summed E-state index contributed by atoms with van der Waals surface area (Å²) in [4.78, 5) is 35.5. The van der Waals surface area contributed by atoms with E-state index in [1.165, 1.54) is 31.3 Å². The van der Waals surface area contributed by atoms with Crippen molar-refractivity contribution in [2.45, 2.75) is 19.3 Å². The third-order valence-electron chi connectivity index (χ3n) is 8.53. The van der Waals surface area contributed by atoms with E-state index in [2.05, 4.69) is 32.5 Å². The number of rotatable bonds is 10. The molecule has 1 aromatic heterocycles. The Morgan fingerprint density at radius 2 is 1.73 bits per heavy atom. The van der Waals surface area contributed by atoms with Crippen LogP contribution in [0.5, 0.6) is 23.1 Å². The maximum atomic E-state index is 15.1. The lowest BCUT2D eigenvalue weighted by atomic mass is 10.0. The molecule has 234 valence electrons. The van der Waals surface area contributed by atoms with Crippen LogP contribution in [0.1, 0.15) is 18.4 Å². The molecule has 0 bridgehead atoms. The number of carbonyl (C=O) groups is 2. The summed E-state index contributed by atoms with van der Waals surface area (Å²) in [7, 11) is 3.74. The Morgan fingerprint density at radius 3 is 2.47 bits per heavy atom. The van der Waals surface area contributed by atoms with Crippen LogP contribution in [0.3, 0.4) is 0 Å². The van der Waals surface area contributed by atoms with E-state index in [1.54, 1.807) is 19.2 Å². The van der Waals surface area contributed by atoms with Crippen molar-refractivity contribution in [2.24, 2.45) is 17.8 Å². The standard InChI is InChI=1S/C34H36FN5O5/c1-40-17-23-12-22(13-24(23)18-40)19-44-31-16-28-26(15-30(31)43-2)34(38-20-37-28)45-29-9-8-25(14-27(29)35)39-33(42)32(41)36-11-10-21-6-4-3-5-7-21/h3-9,14-16,20,22-24H,10-13,17-19H2,1-2H3,(H,36,41)(H,39,42)/t22-,23-,24+. The number of amides is 2. The monoisotopic (exact) mass is 613 g/mol. The highest BCUT2D eigenvalue weighted by Gasteiger charge is 2.39. The largest absolute Gasteiger partial charge is 0.493 e. The lowest BCUT2D eigenvalue weighted by Gasteiger charge is -2.17. The molecular formula is C34H36FN5O5. The van der Waals surface area contributed by atoms with E-state index in [-0.39, 0.29) is 17.3 Å². The zero-order valence-corrected chi connectivity index (χ0v) is 25.3. The number of ether oxygens (including phenoxy) is 3. The van der Waals surface area contributed by atoms with Crippen molar-refractivity contribution in [3.05, 3.63) is 78.4 Å². The average Bonchev–Trinajstić information content (AvgIpc) is 3.58. The minimum atomic E-state index is -0.897. The molecule has 3 aromatic carbocycles. The second-order valence-corrected chi connectivity index (χ2v) is 11.8. The lowest BCUT2D eigenvalue weighted by molar-refractivity contribution is -0.136. The predicted octanol–water partition coefficient (Wildman–Crippen LogP) is 4.83. The summed E-state index contributed by atoms with van der Waals surface area (Å²) in [5.74, 6) is 0.640. The van der Waals surface area contributed by atoms with Gasteiger partial charge in [-0.15, -0.1) is 0 Å². The smallest absolute Gasteiger partial charge is 0.313 e. The number of nitrogens with one attached hydrogen (secondary N) is 2. The molecule has 0 unspecified atom stereocenters. The molecule has 6 rings (SSSR count). The molecule has 2 N–H and O–H groups in total. The zero-order valence-electron chi connectivity index (χ0n) is 25.3. The molecule has 2 aliphatic rings. The fourth-order valence-corrected chi connectivity index (χ4v) is 6.40. The molecule has 11 heteroatoms. The highest BCUT2D eigenvalue weighted by molar-refractivity contribution is 6.39. The molecule has 3 atom stereocenters. The second kappa shape index (κ2) is 13.5. The average molecular weight is 614 g/mol. The van der Waals surface area contributed by atoms with Crippen LogP contribution in [0.4, 0.5) is 10.1 Å². The van der Waals surface area contributed by atoms with Crippen LogP contribution in [-0.2, 0) is 16.0 Å². The first-order valence-corrected chi connectivity index (χ1v) is 15.1. The molecule has 2 fully saturated rings. The minimum Gasteiger partial charge on any atom is -0.493 e. The third-order valence-corrected chi connectivity index (χ3v) is 8.53. The van der Waals surface area contributed by atoms with Gasteiger partial charge < -0.3 is 29.7 Å². The predicted molar refractivity (Wildman–Crippen MR) is 167 cm³/mol. The molecule has 0 radical (unpaired) electrons. The van der Waals surface area contributed by atoms with Gasteiger partial charge in [-0.25, -0.2) is 14.4 Å². The van der Waals surface area contributed by atoms with Crippen molar-refractivity contribution < 1.29 is 28.2 Å². The van der Waals surface area contributed by atoms with E-state index < -0.39 is 17.6 Å². The quantitative estimate of drug-likeness (QED) is 0.245. The Morgan fingerprint density at radius 1 is 0.956 bits per heavy atom. The molecule has 4 aromatic rings. The van der Waals surface area contributed by atoms with Crippen LogP contribution in [0.25, 0.3) is 10.9 Å². The molecule has 1 saturated carbocycles. The summed E-state index contributed by atoms with van der Waals surface area (Å²) in [6.45, 7) is 3.22. The highest BCUT2D eigenvalue weighted by Crippen LogP contribution is 2.42. The van der Waals surface area contributed by atoms with Gasteiger partial charge in [0.25, 0.3) is 0 Å². The van der Waals surface area contributed by atoms with Crippen molar-refractivity contribution in [3.63, 3.8) is 0 Å². The van der Waals surface area contributed by atoms with E-state index in [4.69, 9.17) is 14.2 Å². The number of anilines is 1. The van der Waals surface area contributed by atoms with Gasteiger partial charge in [0, 0.05) is 37.5 Å². The number of hydrogen-bond donors (Lipinski definition) is 2. The Kier molecular flexibility index (Phi) is 9.06. The summed E-state index contributed by atoms with van der Waals surface area (Å²) in [6.07, 6.45) is 4.26. The van der Waals surface area contributed by atoms with Gasteiger partial charge in [0.15, 0.2) is 23.1 Å². The van der Waals surface area contributed by atoms with Crippen LogP contribution in [0, 0.1) is 23.6 Å². The second-order valence-electron chi connectivity index (χ2n) is 11.8. The van der Waals surface area contributed by atoms with E-state index in [1.807, 2.05) is 30.3 Å². The van der Waals surface area contributed by atoms with Gasteiger partial charge in [-0.3, -0.25) is 9.59 Å². The maximum absolute atomic E-state index is 15.1. The number of hydrogen-bond acceptors (Lipinski definition) is 8. The zero-order chi connectivity index (χ0) is 31.3. The summed E-state index contributed by atoms with van der Waals surface area (Å²) >= 11 is 0. The van der Waals surface area contributed by atoms with Gasteiger partial charge in [-0.1, -0.05) is 30.3 Å². The Hall–Kier alpha value is -4.77. The Balaban J connectivity index is 1.08. The Labute approximate surface area is 260 Å². The van der Waals surface area contributed by atoms with Gasteiger partial charge in [-0.05, 0) is 67.8 Å². The normalized spacial score (nSPS) is 19.2. The molecule has 1 saturated heterocycles. The fraction of sp³-hybridized carbons (Fsp3) is 0.353. The maximum Gasteiger partial charge on any atom is 0.313 e. The summed E-state index contributed by atoms with van der Waals surface area (Å²) < 4.78 is 32.8. The van der Waals surface area contributed by atoms with E-state index in [0.29, 0.717) is 47.9 Å². The van der Waals surface area contributed by atoms with Crippen LogP contribution >= 0.6 is 0 Å². The molecule has 1 aliphatic carbocycles. The van der Waals surface area contributed by atoms with Gasteiger partial charge in [-0.2, -0.15) is 0 Å². The van der Waals surface area contributed by atoms with Crippen molar-refractivity contribution in [1.82, 2.24) is 20.2 Å². The van der Waals surface area contributed by atoms with Gasteiger partial charge in [0.2, 0.25) is 5.88 Å². The minimum absolute atomic E-state index is 0.108. The third kappa shape index (κ3) is 7.15. The van der Waals surface area contributed by atoms with Crippen molar-refractivity contribution in [3.8, 4) is 23.1 Å². The molecule has 1 aliphatic heterocycles. The molecule has 10 nitrogen and oxygen atoms in total. The molecule has 0 spiro atoms. The van der Waals surface area contributed by atoms with Gasteiger partial charge >= 0.3 is 11.8 Å². The van der Waals surface area contributed by atoms with Crippen LogP contribution < -0.4 is 24.8 Å². The van der Waals surface area contributed by atoms with E-state index in [0.717, 1.165) is 36.6 Å². The van der Waals surface area contributed by atoms with Crippen molar-refractivity contribution in [1.29, 1.82) is 0 Å². The topological polar surface area (TPSA) is 115 Å². The van der Waals surface area contributed by atoms with Gasteiger partial charge in [0.1, 0.15) is 6.33 Å². The highest BCUT2D eigenvalue weighted by atomic mass is 19.1. The van der Waals surface area contributed by atoms with Crippen molar-refractivity contribution >= 4 is 28.4 Å². The number of fused-ring (bicyclic) bond motifs is 2. The number of halogens is 1. The molecule has 45 heavy (non-hydrogen) atoms. The van der Waals surface area contributed by atoms with Crippen LogP contribution in [-0.4, -0.2) is 67.1 Å². The first kappa shape index (κ1) is 30.3. The van der Waals surface area contributed by atoms with E-state index >= 15 is 4.39 Å². The SMILES string of the molecule is COc1cc2c(Oc3ccc(NC(=O)C(=O)NCCc4ccccc4)cc3F)ncnc2cc1OC[C@@H]1C[C@@H]2CN(C)C[C@@H]2C1. The summed E-state index contributed by atoms with van der Waals surface area (Å²) in [5.41, 5.74) is 1.70.